The molecule has 0 radical (unpaired) electrons. The van der Waals surface area contributed by atoms with Crippen LogP contribution in [0, 0.1) is 18.8 Å². The number of carbonyl (C=O) groups excluding carboxylic acids is 1. The molecule has 2 fully saturated rings. The molecule has 0 aromatic carbocycles. The van der Waals surface area contributed by atoms with Gasteiger partial charge in [-0.3, -0.25) is 9.69 Å². The van der Waals surface area contributed by atoms with Crippen molar-refractivity contribution in [3.05, 3.63) is 11.8 Å². The highest BCUT2D eigenvalue weighted by Gasteiger charge is 2.41. The maximum Gasteiger partial charge on any atom is 0.226 e. The standard InChI is InChI=1S/C14H22N4O2/c1-9-5-13(17-20-9)16-14(19)3-4-18-8-11-6-15-7-12(11)10(18)2/h5,10-12,15H,3-4,6-8H2,1-2H3,(H,16,17,19). The number of rotatable bonds is 4. The molecular weight excluding hydrogens is 256 g/mol. The van der Waals surface area contributed by atoms with Crippen molar-refractivity contribution in [3.8, 4) is 0 Å². The van der Waals surface area contributed by atoms with E-state index in [2.05, 4.69) is 27.6 Å². The predicted octanol–water partition coefficient (Wildman–Crippen LogP) is 0.851. The molecule has 2 aliphatic heterocycles. The Labute approximate surface area is 118 Å². The monoisotopic (exact) mass is 278 g/mol. The lowest BCUT2D eigenvalue weighted by Crippen LogP contribution is -2.35. The lowest BCUT2D eigenvalue weighted by Gasteiger charge is -2.23. The molecular formula is C14H22N4O2. The molecule has 1 aromatic heterocycles. The zero-order valence-corrected chi connectivity index (χ0v) is 12.1. The van der Waals surface area contributed by atoms with Crippen molar-refractivity contribution in [2.24, 2.45) is 11.8 Å². The summed E-state index contributed by atoms with van der Waals surface area (Å²) in [5, 5.41) is 9.99. The highest BCUT2D eigenvalue weighted by molar-refractivity contribution is 5.89. The van der Waals surface area contributed by atoms with Gasteiger partial charge in [0.05, 0.1) is 0 Å². The van der Waals surface area contributed by atoms with Crippen LogP contribution in [0.1, 0.15) is 19.1 Å². The average molecular weight is 278 g/mol. The number of hydrogen-bond acceptors (Lipinski definition) is 5. The lowest BCUT2D eigenvalue weighted by atomic mass is 9.95. The molecule has 6 nitrogen and oxygen atoms in total. The number of likely N-dealkylation sites (tertiary alicyclic amines) is 1. The first-order valence-corrected chi connectivity index (χ1v) is 7.31. The quantitative estimate of drug-likeness (QED) is 0.854. The first-order valence-electron chi connectivity index (χ1n) is 7.31. The van der Waals surface area contributed by atoms with Gasteiger partial charge in [-0.15, -0.1) is 0 Å². The SMILES string of the molecule is Cc1cc(NC(=O)CCN2CC3CNCC3C2C)no1. The van der Waals surface area contributed by atoms with Gasteiger partial charge in [-0.25, -0.2) is 0 Å². The summed E-state index contributed by atoms with van der Waals surface area (Å²) in [6, 6.07) is 2.30. The Hall–Kier alpha value is -1.40. The molecule has 0 spiro atoms. The van der Waals surface area contributed by atoms with Gasteiger partial charge in [0, 0.05) is 31.6 Å². The van der Waals surface area contributed by atoms with Crippen LogP contribution in [0.4, 0.5) is 5.82 Å². The second-order valence-electron chi connectivity index (χ2n) is 5.94. The number of nitrogens with zero attached hydrogens (tertiary/aromatic N) is 2. The highest BCUT2D eigenvalue weighted by Crippen LogP contribution is 2.32. The number of aryl methyl sites for hydroxylation is 1. The summed E-state index contributed by atoms with van der Waals surface area (Å²) in [5.41, 5.74) is 0. The van der Waals surface area contributed by atoms with Gasteiger partial charge in [0.15, 0.2) is 5.82 Å². The van der Waals surface area contributed by atoms with Gasteiger partial charge >= 0.3 is 0 Å². The molecule has 1 amide bonds. The summed E-state index contributed by atoms with van der Waals surface area (Å²) in [6.45, 7) is 8.24. The Balaban J connectivity index is 1.46. The summed E-state index contributed by atoms with van der Waals surface area (Å²) >= 11 is 0. The molecule has 2 aliphatic rings. The molecule has 2 saturated heterocycles. The maximum atomic E-state index is 11.9. The number of anilines is 1. The van der Waals surface area contributed by atoms with Crippen LogP contribution in [0.3, 0.4) is 0 Å². The molecule has 1 aromatic rings. The Morgan fingerprint density at radius 2 is 2.45 bits per heavy atom. The van der Waals surface area contributed by atoms with Crippen molar-refractivity contribution < 1.29 is 9.32 Å². The minimum absolute atomic E-state index is 0.000634. The maximum absolute atomic E-state index is 11.9. The van der Waals surface area contributed by atoms with Crippen molar-refractivity contribution in [2.45, 2.75) is 26.3 Å². The van der Waals surface area contributed by atoms with E-state index in [1.54, 1.807) is 13.0 Å². The molecule has 3 heterocycles. The largest absolute Gasteiger partial charge is 0.360 e. The fraction of sp³-hybridized carbons (Fsp3) is 0.714. The summed E-state index contributed by atoms with van der Waals surface area (Å²) in [6.07, 6.45) is 0.503. The van der Waals surface area contributed by atoms with Crippen LogP contribution < -0.4 is 10.6 Å². The number of carbonyl (C=O) groups is 1. The van der Waals surface area contributed by atoms with Gasteiger partial charge in [0.1, 0.15) is 5.76 Å². The normalized spacial score (nSPS) is 29.6. The van der Waals surface area contributed by atoms with E-state index in [1.807, 2.05) is 0 Å². The van der Waals surface area contributed by atoms with E-state index in [0.717, 1.165) is 38.0 Å². The number of aromatic nitrogens is 1. The Morgan fingerprint density at radius 3 is 3.15 bits per heavy atom. The molecule has 110 valence electrons. The zero-order chi connectivity index (χ0) is 14.1. The van der Waals surface area contributed by atoms with Crippen LogP contribution in [-0.4, -0.2) is 48.2 Å². The second kappa shape index (κ2) is 5.54. The van der Waals surface area contributed by atoms with Gasteiger partial charge in [-0.05, 0) is 38.8 Å². The Kier molecular flexibility index (Phi) is 3.76. The fourth-order valence-electron chi connectivity index (χ4n) is 3.43. The first kappa shape index (κ1) is 13.6. The predicted molar refractivity (Wildman–Crippen MR) is 75.4 cm³/mol. The summed E-state index contributed by atoms with van der Waals surface area (Å²) in [5.74, 6) is 2.71. The zero-order valence-electron chi connectivity index (χ0n) is 12.1. The smallest absolute Gasteiger partial charge is 0.226 e. The summed E-state index contributed by atoms with van der Waals surface area (Å²) in [4.78, 5) is 14.3. The van der Waals surface area contributed by atoms with E-state index in [-0.39, 0.29) is 5.91 Å². The van der Waals surface area contributed by atoms with Gasteiger partial charge in [0.2, 0.25) is 5.91 Å². The molecule has 2 N–H and O–H groups in total. The molecule has 3 rings (SSSR count). The minimum Gasteiger partial charge on any atom is -0.360 e. The summed E-state index contributed by atoms with van der Waals surface area (Å²) < 4.78 is 4.93. The molecule has 20 heavy (non-hydrogen) atoms. The van der Waals surface area contributed by atoms with Gasteiger partial charge in [-0.2, -0.15) is 0 Å². The van der Waals surface area contributed by atoms with Gasteiger partial charge in [-0.1, -0.05) is 5.16 Å². The van der Waals surface area contributed by atoms with E-state index < -0.39 is 0 Å². The first-order chi connectivity index (χ1) is 9.63. The second-order valence-corrected chi connectivity index (χ2v) is 5.94. The number of amides is 1. The molecule has 3 atom stereocenters. The molecule has 6 heteroatoms. The third-order valence-electron chi connectivity index (χ3n) is 4.58. The minimum atomic E-state index is 0.000634. The van der Waals surface area contributed by atoms with Crippen LogP contribution in [0.15, 0.2) is 10.6 Å². The van der Waals surface area contributed by atoms with Crippen LogP contribution >= 0.6 is 0 Å². The van der Waals surface area contributed by atoms with Crippen molar-refractivity contribution in [2.75, 3.05) is 31.5 Å². The highest BCUT2D eigenvalue weighted by atomic mass is 16.5. The number of nitrogens with one attached hydrogen (secondary N) is 2. The topological polar surface area (TPSA) is 70.4 Å². The van der Waals surface area contributed by atoms with Crippen LogP contribution in [0.25, 0.3) is 0 Å². The van der Waals surface area contributed by atoms with E-state index in [0.29, 0.717) is 24.0 Å². The number of hydrogen-bond donors (Lipinski definition) is 2. The van der Waals surface area contributed by atoms with Gasteiger partial charge in [0.25, 0.3) is 0 Å². The molecule has 0 aliphatic carbocycles. The van der Waals surface area contributed by atoms with Crippen LogP contribution in [0.2, 0.25) is 0 Å². The molecule has 0 saturated carbocycles. The van der Waals surface area contributed by atoms with Crippen molar-refractivity contribution >= 4 is 11.7 Å². The molecule has 0 bridgehead atoms. The lowest BCUT2D eigenvalue weighted by molar-refractivity contribution is -0.116. The van der Waals surface area contributed by atoms with Crippen LogP contribution in [-0.2, 0) is 4.79 Å². The van der Waals surface area contributed by atoms with E-state index in [4.69, 9.17) is 4.52 Å². The Bertz CT molecular complexity index is 487. The van der Waals surface area contributed by atoms with Gasteiger partial charge < -0.3 is 15.2 Å². The fourth-order valence-corrected chi connectivity index (χ4v) is 3.43. The van der Waals surface area contributed by atoms with Crippen LogP contribution in [0.5, 0.6) is 0 Å². The Morgan fingerprint density at radius 1 is 1.60 bits per heavy atom. The average Bonchev–Trinajstić information content (AvgIpc) is 3.07. The third-order valence-corrected chi connectivity index (χ3v) is 4.58. The molecule has 3 unspecified atom stereocenters. The summed E-state index contributed by atoms with van der Waals surface area (Å²) in [7, 11) is 0. The van der Waals surface area contributed by atoms with Crippen molar-refractivity contribution in [1.82, 2.24) is 15.4 Å². The van der Waals surface area contributed by atoms with E-state index >= 15 is 0 Å². The number of fused-ring (bicyclic) bond motifs is 1. The third kappa shape index (κ3) is 2.71. The van der Waals surface area contributed by atoms with Crippen molar-refractivity contribution in [3.63, 3.8) is 0 Å². The van der Waals surface area contributed by atoms with E-state index in [9.17, 15) is 4.79 Å². The van der Waals surface area contributed by atoms with E-state index in [1.165, 1.54) is 0 Å². The van der Waals surface area contributed by atoms with Crippen molar-refractivity contribution in [1.29, 1.82) is 0 Å².